The molecule has 0 bridgehead atoms. The monoisotopic (exact) mass is 283 g/mol. The predicted molar refractivity (Wildman–Crippen MR) is 71.0 cm³/mol. The highest BCUT2D eigenvalue weighted by Gasteiger charge is 2.40. The molecule has 108 valence electrons. The Kier molecular flexibility index (Phi) is 3.97. The summed E-state index contributed by atoms with van der Waals surface area (Å²) in [5.74, 6) is 0.0362. The van der Waals surface area contributed by atoms with Crippen molar-refractivity contribution in [1.29, 1.82) is 0 Å². The lowest BCUT2D eigenvalue weighted by Crippen LogP contribution is -2.40. The zero-order valence-corrected chi connectivity index (χ0v) is 11.2. The summed E-state index contributed by atoms with van der Waals surface area (Å²) in [6.45, 7) is 0. The summed E-state index contributed by atoms with van der Waals surface area (Å²) in [6.07, 6.45) is -0.0165. The van der Waals surface area contributed by atoms with Gasteiger partial charge in [-0.2, -0.15) is 13.2 Å². The average Bonchev–Trinajstić information content (AvgIpc) is 2.41. The third-order valence-corrected chi connectivity index (χ3v) is 3.80. The molecule has 1 aromatic rings. The Morgan fingerprint density at radius 3 is 2.35 bits per heavy atom. The molecule has 5 heteroatoms. The van der Waals surface area contributed by atoms with Gasteiger partial charge in [-0.3, -0.25) is 9.79 Å². The van der Waals surface area contributed by atoms with Crippen LogP contribution in [-0.2, 0) is 16.4 Å². The van der Waals surface area contributed by atoms with Crippen molar-refractivity contribution in [3.05, 3.63) is 35.4 Å². The standard InChI is InChI=1S/C15H16F3NO/c1-19-10-14(9-3-2-4-13(14)20)11-5-7-12(8-6-11)15(16,17)18/h5-8,10H,2-4,9H2,1H3/t14-/m0/s1. The molecule has 0 amide bonds. The first kappa shape index (κ1) is 14.8. The largest absolute Gasteiger partial charge is 0.416 e. The molecule has 0 unspecified atom stereocenters. The van der Waals surface area contributed by atoms with Gasteiger partial charge in [0.15, 0.2) is 0 Å². The summed E-state index contributed by atoms with van der Waals surface area (Å²) in [5.41, 5.74) is -0.953. The molecule has 1 aliphatic rings. The summed E-state index contributed by atoms with van der Waals surface area (Å²) in [6, 6.07) is 4.85. The van der Waals surface area contributed by atoms with E-state index in [9.17, 15) is 18.0 Å². The van der Waals surface area contributed by atoms with E-state index < -0.39 is 17.2 Å². The Hall–Kier alpha value is -1.65. The van der Waals surface area contributed by atoms with Crippen molar-refractivity contribution in [2.45, 2.75) is 37.3 Å². The van der Waals surface area contributed by atoms with Gasteiger partial charge in [0.25, 0.3) is 0 Å². The van der Waals surface area contributed by atoms with Crippen molar-refractivity contribution >= 4 is 12.0 Å². The average molecular weight is 283 g/mol. The molecule has 1 fully saturated rings. The van der Waals surface area contributed by atoms with Gasteiger partial charge in [0, 0.05) is 19.7 Å². The fourth-order valence-corrected chi connectivity index (χ4v) is 2.75. The molecule has 0 spiro atoms. The fourth-order valence-electron chi connectivity index (χ4n) is 2.75. The number of hydrogen-bond acceptors (Lipinski definition) is 2. The quantitative estimate of drug-likeness (QED) is 0.759. The van der Waals surface area contributed by atoms with E-state index in [4.69, 9.17) is 0 Å². The number of alkyl halides is 3. The maximum atomic E-state index is 12.6. The minimum absolute atomic E-state index is 0.0362. The fraction of sp³-hybridized carbons (Fsp3) is 0.467. The van der Waals surface area contributed by atoms with Crippen LogP contribution in [0.1, 0.15) is 36.8 Å². The second-order valence-corrected chi connectivity index (χ2v) is 5.06. The van der Waals surface area contributed by atoms with E-state index in [-0.39, 0.29) is 5.78 Å². The van der Waals surface area contributed by atoms with Crippen molar-refractivity contribution in [1.82, 2.24) is 0 Å². The number of halogens is 3. The summed E-state index contributed by atoms with van der Waals surface area (Å²) in [7, 11) is 1.58. The molecule has 0 aromatic heterocycles. The van der Waals surface area contributed by atoms with E-state index in [0.717, 1.165) is 25.0 Å². The highest BCUT2D eigenvalue weighted by Crippen LogP contribution is 2.37. The van der Waals surface area contributed by atoms with Gasteiger partial charge in [0.05, 0.1) is 11.0 Å². The number of hydrogen-bond donors (Lipinski definition) is 0. The second-order valence-electron chi connectivity index (χ2n) is 5.06. The van der Waals surface area contributed by atoms with Crippen LogP contribution in [0.15, 0.2) is 29.3 Å². The van der Waals surface area contributed by atoms with Crippen LogP contribution in [0.5, 0.6) is 0 Å². The molecular weight excluding hydrogens is 267 g/mol. The van der Waals surface area contributed by atoms with E-state index in [0.29, 0.717) is 18.4 Å². The minimum atomic E-state index is -4.36. The summed E-state index contributed by atoms with van der Waals surface area (Å²) >= 11 is 0. The van der Waals surface area contributed by atoms with Gasteiger partial charge in [-0.1, -0.05) is 18.6 Å². The molecule has 1 aliphatic carbocycles. The van der Waals surface area contributed by atoms with Gasteiger partial charge < -0.3 is 0 Å². The minimum Gasteiger partial charge on any atom is -0.299 e. The topological polar surface area (TPSA) is 29.4 Å². The number of rotatable bonds is 2. The first-order chi connectivity index (χ1) is 9.40. The van der Waals surface area contributed by atoms with Crippen LogP contribution in [0.3, 0.4) is 0 Å². The summed E-state index contributed by atoms with van der Waals surface area (Å²) in [4.78, 5) is 16.2. The van der Waals surface area contributed by atoms with Gasteiger partial charge in [-0.15, -0.1) is 0 Å². The maximum absolute atomic E-state index is 12.6. The SMILES string of the molecule is CN=C[C@]1(c2ccc(C(F)(F)F)cc2)CCCCC1=O. The molecule has 2 nitrogen and oxygen atoms in total. The number of nitrogens with zero attached hydrogens (tertiary/aromatic N) is 1. The third-order valence-electron chi connectivity index (χ3n) is 3.80. The Bertz CT molecular complexity index is 519. The lowest BCUT2D eigenvalue weighted by molar-refractivity contribution is -0.137. The molecule has 0 aliphatic heterocycles. The van der Waals surface area contributed by atoms with Gasteiger partial charge in [0.1, 0.15) is 5.78 Å². The van der Waals surface area contributed by atoms with Crippen LogP contribution in [0.4, 0.5) is 13.2 Å². The Labute approximate surface area is 115 Å². The zero-order valence-electron chi connectivity index (χ0n) is 11.2. The lowest BCUT2D eigenvalue weighted by Gasteiger charge is -2.32. The zero-order chi connectivity index (χ0) is 14.8. The van der Waals surface area contributed by atoms with Crippen molar-refractivity contribution in [2.75, 3.05) is 7.05 Å². The first-order valence-electron chi connectivity index (χ1n) is 6.54. The summed E-state index contributed by atoms with van der Waals surface area (Å²) < 4.78 is 37.8. The van der Waals surface area contributed by atoms with Crippen LogP contribution in [-0.4, -0.2) is 19.0 Å². The van der Waals surface area contributed by atoms with E-state index in [1.165, 1.54) is 12.1 Å². The molecule has 0 saturated heterocycles. The van der Waals surface area contributed by atoms with Crippen molar-refractivity contribution in [2.24, 2.45) is 4.99 Å². The van der Waals surface area contributed by atoms with Gasteiger partial charge in [-0.25, -0.2) is 0 Å². The molecule has 20 heavy (non-hydrogen) atoms. The number of carbonyl (C=O) groups is 1. The lowest BCUT2D eigenvalue weighted by atomic mass is 9.69. The molecule has 1 atom stereocenters. The maximum Gasteiger partial charge on any atom is 0.416 e. The molecular formula is C15H16F3NO. The second kappa shape index (κ2) is 5.38. The summed E-state index contributed by atoms with van der Waals surface area (Å²) in [5, 5.41) is 0. The normalized spacial score (nSPS) is 24.3. The van der Waals surface area contributed by atoms with E-state index in [1.807, 2.05) is 0 Å². The Balaban J connectivity index is 2.43. The number of aliphatic imine (C=N–C) groups is 1. The Morgan fingerprint density at radius 2 is 1.85 bits per heavy atom. The number of carbonyl (C=O) groups excluding carboxylic acids is 1. The predicted octanol–water partition coefficient (Wildman–Crippen LogP) is 3.79. The number of benzene rings is 1. The first-order valence-corrected chi connectivity index (χ1v) is 6.54. The van der Waals surface area contributed by atoms with Gasteiger partial charge >= 0.3 is 6.18 Å². The van der Waals surface area contributed by atoms with Crippen LogP contribution in [0, 0.1) is 0 Å². The third kappa shape index (κ3) is 2.62. The van der Waals surface area contributed by atoms with Crippen LogP contribution >= 0.6 is 0 Å². The molecule has 2 rings (SSSR count). The molecule has 0 radical (unpaired) electrons. The smallest absolute Gasteiger partial charge is 0.299 e. The molecule has 1 aromatic carbocycles. The molecule has 0 heterocycles. The van der Waals surface area contributed by atoms with Crippen LogP contribution < -0.4 is 0 Å². The van der Waals surface area contributed by atoms with E-state index in [1.54, 1.807) is 13.3 Å². The van der Waals surface area contributed by atoms with E-state index >= 15 is 0 Å². The molecule has 0 N–H and O–H groups in total. The van der Waals surface area contributed by atoms with Gasteiger partial charge in [-0.05, 0) is 30.5 Å². The van der Waals surface area contributed by atoms with Crippen LogP contribution in [0.25, 0.3) is 0 Å². The van der Waals surface area contributed by atoms with Crippen molar-refractivity contribution < 1.29 is 18.0 Å². The molecule has 1 saturated carbocycles. The Morgan fingerprint density at radius 1 is 1.20 bits per heavy atom. The van der Waals surface area contributed by atoms with Crippen LogP contribution in [0.2, 0.25) is 0 Å². The van der Waals surface area contributed by atoms with Crippen molar-refractivity contribution in [3.63, 3.8) is 0 Å². The van der Waals surface area contributed by atoms with E-state index in [2.05, 4.69) is 4.99 Å². The number of ketones is 1. The highest BCUT2D eigenvalue weighted by atomic mass is 19.4. The highest BCUT2D eigenvalue weighted by molar-refractivity contribution is 6.06. The number of Topliss-reactive ketones (excluding diaryl/α,β-unsaturated/α-hetero) is 1. The van der Waals surface area contributed by atoms with Gasteiger partial charge in [0.2, 0.25) is 0 Å². The van der Waals surface area contributed by atoms with Crippen molar-refractivity contribution in [3.8, 4) is 0 Å².